The standard InChI is InChI=1S/C25H23N3O3/c1-15-7-9-19(10-8-15)27-24(30)22-12-21-18(14-29)13-26-17(3)23(21)31-25(22)28-20-6-4-5-16(2)11-20/h4-13,29H,14H2,1-3H3,(H,27,30). The van der Waals surface area contributed by atoms with Crippen LogP contribution in [0.3, 0.4) is 0 Å². The number of aryl methyl sites for hydroxylation is 3. The van der Waals surface area contributed by atoms with Gasteiger partial charge in [0, 0.05) is 22.8 Å². The first-order chi connectivity index (χ1) is 14.9. The zero-order valence-electron chi connectivity index (χ0n) is 17.6. The van der Waals surface area contributed by atoms with E-state index in [-0.39, 0.29) is 23.6 Å². The van der Waals surface area contributed by atoms with Crippen LogP contribution in [0, 0.1) is 20.8 Å². The van der Waals surface area contributed by atoms with Gasteiger partial charge in [-0.2, -0.15) is 0 Å². The fourth-order valence-corrected chi connectivity index (χ4v) is 3.31. The molecule has 0 saturated heterocycles. The Kier molecular flexibility index (Phi) is 5.64. The van der Waals surface area contributed by atoms with Gasteiger partial charge in [0.15, 0.2) is 5.58 Å². The number of hydrogen-bond acceptors (Lipinski definition) is 5. The van der Waals surface area contributed by atoms with Crippen LogP contribution in [-0.2, 0) is 6.61 Å². The average Bonchev–Trinajstić information content (AvgIpc) is 2.75. The Bertz CT molecular complexity index is 1340. The Balaban J connectivity index is 1.92. The quantitative estimate of drug-likeness (QED) is 0.506. The molecule has 0 atom stereocenters. The molecule has 31 heavy (non-hydrogen) atoms. The van der Waals surface area contributed by atoms with E-state index in [0.29, 0.717) is 33.6 Å². The molecular formula is C25H23N3O3. The second-order valence-electron chi connectivity index (χ2n) is 7.51. The Morgan fingerprint density at radius 1 is 1.06 bits per heavy atom. The van der Waals surface area contributed by atoms with Crippen LogP contribution in [0.1, 0.15) is 32.7 Å². The number of benzene rings is 2. The molecule has 2 N–H and O–H groups in total. The number of nitrogens with zero attached hydrogens (tertiary/aromatic N) is 2. The minimum atomic E-state index is -0.348. The van der Waals surface area contributed by atoms with Gasteiger partial charge in [-0.1, -0.05) is 29.8 Å². The molecule has 2 heterocycles. The number of amides is 1. The number of carbonyl (C=O) groups is 1. The average molecular weight is 413 g/mol. The molecule has 1 amide bonds. The Labute approximate surface area is 179 Å². The molecule has 4 aromatic rings. The molecule has 0 aliphatic rings. The van der Waals surface area contributed by atoms with Crippen molar-refractivity contribution in [1.29, 1.82) is 0 Å². The zero-order chi connectivity index (χ0) is 22.0. The van der Waals surface area contributed by atoms with Gasteiger partial charge in [0.1, 0.15) is 5.56 Å². The summed E-state index contributed by atoms with van der Waals surface area (Å²) in [6, 6.07) is 16.9. The lowest BCUT2D eigenvalue weighted by Crippen LogP contribution is -2.22. The highest BCUT2D eigenvalue weighted by Crippen LogP contribution is 2.22. The van der Waals surface area contributed by atoms with Crippen LogP contribution in [0.15, 0.2) is 70.2 Å². The molecule has 0 aliphatic heterocycles. The summed E-state index contributed by atoms with van der Waals surface area (Å²) >= 11 is 0. The second-order valence-corrected chi connectivity index (χ2v) is 7.51. The van der Waals surface area contributed by atoms with Crippen molar-refractivity contribution in [2.45, 2.75) is 27.4 Å². The van der Waals surface area contributed by atoms with Crippen molar-refractivity contribution in [3.8, 4) is 0 Å². The van der Waals surface area contributed by atoms with Crippen molar-refractivity contribution >= 4 is 28.3 Å². The number of hydrogen-bond donors (Lipinski definition) is 2. The molecule has 0 saturated carbocycles. The third-order valence-corrected chi connectivity index (χ3v) is 5.01. The minimum Gasteiger partial charge on any atom is -0.436 e. The van der Waals surface area contributed by atoms with Gasteiger partial charge < -0.3 is 14.8 Å². The maximum absolute atomic E-state index is 13.2. The van der Waals surface area contributed by atoms with Crippen molar-refractivity contribution < 1.29 is 14.3 Å². The predicted molar refractivity (Wildman–Crippen MR) is 120 cm³/mol. The third kappa shape index (κ3) is 4.39. The molecule has 0 spiro atoms. The van der Waals surface area contributed by atoms with Crippen molar-refractivity contribution in [2.75, 3.05) is 5.32 Å². The Hall–Kier alpha value is -3.77. The first-order valence-electron chi connectivity index (χ1n) is 9.97. The van der Waals surface area contributed by atoms with E-state index in [4.69, 9.17) is 4.42 Å². The van der Waals surface area contributed by atoms with Crippen molar-refractivity contribution in [3.63, 3.8) is 0 Å². The number of aromatic nitrogens is 1. The first-order valence-corrected chi connectivity index (χ1v) is 9.97. The van der Waals surface area contributed by atoms with E-state index >= 15 is 0 Å². The number of pyridine rings is 1. The van der Waals surface area contributed by atoms with Crippen LogP contribution < -0.4 is 10.9 Å². The fraction of sp³-hybridized carbons (Fsp3) is 0.160. The van der Waals surface area contributed by atoms with Crippen LogP contribution in [0.4, 0.5) is 11.4 Å². The normalized spacial score (nSPS) is 11.7. The molecule has 6 nitrogen and oxygen atoms in total. The molecular weight excluding hydrogens is 390 g/mol. The third-order valence-electron chi connectivity index (χ3n) is 5.01. The van der Waals surface area contributed by atoms with Gasteiger partial charge in [-0.25, -0.2) is 4.99 Å². The van der Waals surface area contributed by atoms with Gasteiger partial charge in [0.05, 0.1) is 18.0 Å². The number of aliphatic hydroxyl groups excluding tert-OH is 1. The van der Waals surface area contributed by atoms with E-state index in [1.807, 2.05) is 69.3 Å². The molecule has 0 bridgehead atoms. The predicted octanol–water partition coefficient (Wildman–Crippen LogP) is 4.73. The summed E-state index contributed by atoms with van der Waals surface area (Å²) in [6.45, 7) is 5.56. The van der Waals surface area contributed by atoms with Gasteiger partial charge in [0.25, 0.3) is 5.91 Å². The minimum absolute atomic E-state index is 0.183. The van der Waals surface area contributed by atoms with Crippen LogP contribution in [-0.4, -0.2) is 16.0 Å². The summed E-state index contributed by atoms with van der Waals surface area (Å²) in [7, 11) is 0. The van der Waals surface area contributed by atoms with Gasteiger partial charge in [-0.15, -0.1) is 0 Å². The number of rotatable bonds is 4. The van der Waals surface area contributed by atoms with E-state index in [9.17, 15) is 9.90 Å². The van der Waals surface area contributed by atoms with Crippen molar-refractivity contribution in [2.24, 2.45) is 4.99 Å². The summed E-state index contributed by atoms with van der Waals surface area (Å²) in [5.41, 5.74) is 5.68. The SMILES string of the molecule is Cc1ccc(NC(=O)c2cc3c(CO)cnc(C)c3oc2=Nc2cccc(C)c2)cc1. The molecule has 2 aromatic carbocycles. The number of anilines is 1. The van der Waals surface area contributed by atoms with Crippen LogP contribution in [0.5, 0.6) is 0 Å². The highest BCUT2D eigenvalue weighted by atomic mass is 16.3. The summed E-state index contributed by atoms with van der Waals surface area (Å²) in [5.74, 6) is -0.348. The van der Waals surface area contributed by atoms with E-state index < -0.39 is 0 Å². The smallest absolute Gasteiger partial charge is 0.261 e. The molecule has 4 rings (SSSR count). The lowest BCUT2D eigenvalue weighted by molar-refractivity contribution is 0.102. The van der Waals surface area contributed by atoms with Gasteiger partial charge in [-0.05, 0) is 56.7 Å². The summed E-state index contributed by atoms with van der Waals surface area (Å²) < 4.78 is 6.09. The van der Waals surface area contributed by atoms with E-state index in [1.54, 1.807) is 12.3 Å². The summed E-state index contributed by atoms with van der Waals surface area (Å²) in [4.78, 5) is 22.1. The summed E-state index contributed by atoms with van der Waals surface area (Å²) in [6.07, 6.45) is 1.59. The molecule has 2 aromatic heterocycles. The second kappa shape index (κ2) is 8.53. The van der Waals surface area contributed by atoms with E-state index in [1.165, 1.54) is 0 Å². The van der Waals surface area contributed by atoms with Crippen LogP contribution >= 0.6 is 0 Å². The lowest BCUT2D eigenvalue weighted by atomic mass is 10.1. The number of aliphatic hydroxyl groups is 1. The summed E-state index contributed by atoms with van der Waals surface area (Å²) in [5, 5.41) is 13.3. The molecule has 0 aliphatic carbocycles. The van der Waals surface area contributed by atoms with Gasteiger partial charge >= 0.3 is 0 Å². The molecule has 0 unspecified atom stereocenters. The maximum atomic E-state index is 13.2. The molecule has 0 fully saturated rings. The zero-order valence-corrected chi connectivity index (χ0v) is 17.6. The largest absolute Gasteiger partial charge is 0.436 e. The molecule has 156 valence electrons. The van der Waals surface area contributed by atoms with Crippen molar-refractivity contribution in [3.05, 3.63) is 94.3 Å². The molecule has 0 radical (unpaired) electrons. The fourth-order valence-electron chi connectivity index (χ4n) is 3.31. The maximum Gasteiger partial charge on any atom is 0.261 e. The number of nitrogens with one attached hydrogen (secondary N) is 1. The van der Waals surface area contributed by atoms with Crippen molar-refractivity contribution in [1.82, 2.24) is 4.98 Å². The van der Waals surface area contributed by atoms with Crippen LogP contribution in [0.25, 0.3) is 11.0 Å². The first kappa shape index (κ1) is 20.5. The molecule has 6 heteroatoms. The monoisotopic (exact) mass is 413 g/mol. The highest BCUT2D eigenvalue weighted by Gasteiger charge is 2.16. The number of fused-ring (bicyclic) bond motifs is 1. The van der Waals surface area contributed by atoms with E-state index in [2.05, 4.69) is 15.3 Å². The van der Waals surface area contributed by atoms with Crippen LogP contribution in [0.2, 0.25) is 0 Å². The Morgan fingerprint density at radius 2 is 1.84 bits per heavy atom. The Morgan fingerprint density at radius 3 is 2.55 bits per heavy atom. The van der Waals surface area contributed by atoms with E-state index in [0.717, 1.165) is 11.1 Å². The van der Waals surface area contributed by atoms with Gasteiger partial charge in [-0.3, -0.25) is 9.78 Å². The lowest BCUT2D eigenvalue weighted by Gasteiger charge is -2.10. The topological polar surface area (TPSA) is 87.7 Å². The highest BCUT2D eigenvalue weighted by molar-refractivity contribution is 6.05. The number of carbonyl (C=O) groups excluding carboxylic acids is 1. The van der Waals surface area contributed by atoms with Gasteiger partial charge in [0.2, 0.25) is 5.55 Å².